The third-order valence-electron chi connectivity index (χ3n) is 3.88. The molecular formula is C19H24N2O5S. The lowest BCUT2D eigenvalue weighted by Crippen LogP contribution is -2.26. The van der Waals surface area contributed by atoms with Crippen molar-refractivity contribution in [2.75, 3.05) is 27.4 Å². The molecule has 7 nitrogen and oxygen atoms in total. The Kier molecular flexibility index (Phi) is 7.78. The zero-order valence-electron chi connectivity index (χ0n) is 15.4. The molecule has 2 aromatic rings. The molecule has 0 aliphatic carbocycles. The van der Waals surface area contributed by atoms with E-state index in [1.54, 1.807) is 14.2 Å². The second-order valence-corrected chi connectivity index (χ2v) is 7.53. The highest BCUT2D eigenvalue weighted by atomic mass is 32.2. The number of carbonyl (C=O) groups is 1. The van der Waals surface area contributed by atoms with Gasteiger partial charge in [-0.05, 0) is 36.8 Å². The summed E-state index contributed by atoms with van der Waals surface area (Å²) in [5.41, 5.74) is 1.23. The molecule has 0 atom stereocenters. The van der Waals surface area contributed by atoms with Crippen molar-refractivity contribution in [1.29, 1.82) is 0 Å². The Bertz CT molecular complexity index is 851. The van der Waals surface area contributed by atoms with E-state index in [4.69, 9.17) is 9.47 Å². The van der Waals surface area contributed by atoms with Gasteiger partial charge in [0.05, 0.1) is 12.0 Å². The number of benzene rings is 2. The van der Waals surface area contributed by atoms with Gasteiger partial charge in [0.2, 0.25) is 10.0 Å². The molecule has 0 aromatic heterocycles. The number of nitrogens with one attached hydrogen (secondary N) is 2. The minimum absolute atomic E-state index is 0.112. The molecule has 27 heavy (non-hydrogen) atoms. The van der Waals surface area contributed by atoms with E-state index in [2.05, 4.69) is 10.0 Å². The second kappa shape index (κ2) is 10.1. The third kappa shape index (κ3) is 6.06. The predicted octanol–water partition coefficient (Wildman–Crippen LogP) is 1.94. The molecule has 146 valence electrons. The minimum atomic E-state index is -3.60. The molecule has 0 fully saturated rings. The summed E-state index contributed by atoms with van der Waals surface area (Å²) in [7, 11) is -0.467. The monoisotopic (exact) mass is 392 g/mol. The molecule has 2 rings (SSSR count). The molecule has 0 heterocycles. The lowest BCUT2D eigenvalue weighted by atomic mass is 10.2. The van der Waals surface area contributed by atoms with E-state index in [9.17, 15) is 13.2 Å². The third-order valence-corrected chi connectivity index (χ3v) is 5.35. The second-order valence-electron chi connectivity index (χ2n) is 5.76. The first-order valence-electron chi connectivity index (χ1n) is 8.46. The van der Waals surface area contributed by atoms with Gasteiger partial charge in [-0.3, -0.25) is 4.79 Å². The van der Waals surface area contributed by atoms with E-state index >= 15 is 0 Å². The van der Waals surface area contributed by atoms with Crippen molar-refractivity contribution in [1.82, 2.24) is 10.0 Å². The van der Waals surface area contributed by atoms with E-state index in [1.165, 1.54) is 24.3 Å². The first-order valence-corrected chi connectivity index (χ1v) is 9.95. The Balaban J connectivity index is 1.96. The number of rotatable bonds is 10. The number of para-hydroxylation sites is 1. The highest BCUT2D eigenvalue weighted by Gasteiger charge is 2.14. The van der Waals surface area contributed by atoms with Crippen LogP contribution in [0.4, 0.5) is 0 Å². The molecule has 0 saturated heterocycles. The summed E-state index contributed by atoms with van der Waals surface area (Å²) in [5.74, 6) is 0.400. The largest absolute Gasteiger partial charge is 0.496 e. The first-order chi connectivity index (χ1) is 13.0. The van der Waals surface area contributed by atoms with Gasteiger partial charge in [0, 0.05) is 37.9 Å². The molecule has 0 radical (unpaired) electrons. The first kappa shape index (κ1) is 20.9. The van der Waals surface area contributed by atoms with Crippen molar-refractivity contribution in [3.05, 3.63) is 59.7 Å². The Labute approximate surface area is 159 Å². The predicted molar refractivity (Wildman–Crippen MR) is 102 cm³/mol. The SMILES string of the molecule is COCCCNS(=O)(=O)c1ccc(C(=O)NCc2ccccc2OC)cc1. The number of hydrogen-bond acceptors (Lipinski definition) is 5. The summed E-state index contributed by atoms with van der Waals surface area (Å²) in [4.78, 5) is 12.4. The number of hydrogen-bond donors (Lipinski definition) is 2. The van der Waals surface area contributed by atoms with Gasteiger partial charge in [-0.15, -0.1) is 0 Å². The molecule has 0 bridgehead atoms. The van der Waals surface area contributed by atoms with Crippen LogP contribution in [0.1, 0.15) is 22.3 Å². The standard InChI is InChI=1S/C19H24N2O5S/c1-25-13-5-12-21-27(23,24)17-10-8-15(9-11-17)19(22)20-14-16-6-3-4-7-18(16)26-2/h3-4,6-11,21H,5,12-14H2,1-2H3,(H,20,22). The molecule has 0 unspecified atom stereocenters. The highest BCUT2D eigenvalue weighted by Crippen LogP contribution is 2.17. The van der Waals surface area contributed by atoms with Crippen LogP contribution in [0.15, 0.2) is 53.4 Å². The van der Waals surface area contributed by atoms with Crippen molar-refractivity contribution in [3.8, 4) is 5.75 Å². The quantitative estimate of drug-likeness (QED) is 0.603. The van der Waals surface area contributed by atoms with Crippen LogP contribution in [0, 0.1) is 0 Å². The van der Waals surface area contributed by atoms with Gasteiger partial charge in [-0.2, -0.15) is 0 Å². The summed E-state index contributed by atoms with van der Waals surface area (Å²) in [5, 5.41) is 2.80. The van der Waals surface area contributed by atoms with Gasteiger partial charge in [-0.1, -0.05) is 18.2 Å². The summed E-state index contributed by atoms with van der Waals surface area (Å²) in [6.07, 6.45) is 0.583. The average molecular weight is 392 g/mol. The molecule has 2 aromatic carbocycles. The van der Waals surface area contributed by atoms with Crippen LogP contribution in [0.5, 0.6) is 5.75 Å². The van der Waals surface area contributed by atoms with Crippen molar-refractivity contribution in [2.24, 2.45) is 0 Å². The normalized spacial score (nSPS) is 11.2. The molecule has 2 N–H and O–H groups in total. The summed E-state index contributed by atoms with van der Waals surface area (Å²) in [6.45, 7) is 1.08. The van der Waals surface area contributed by atoms with Crippen molar-refractivity contribution >= 4 is 15.9 Å². The maximum absolute atomic E-state index is 12.3. The molecule has 1 amide bonds. The van der Waals surface area contributed by atoms with Gasteiger partial charge >= 0.3 is 0 Å². The molecule has 0 aliphatic rings. The zero-order chi connectivity index (χ0) is 19.7. The zero-order valence-corrected chi connectivity index (χ0v) is 16.2. The van der Waals surface area contributed by atoms with Crippen LogP contribution in [0.3, 0.4) is 0 Å². The molecule has 0 spiro atoms. The maximum atomic E-state index is 12.3. The fourth-order valence-corrected chi connectivity index (χ4v) is 3.49. The number of amides is 1. The van der Waals surface area contributed by atoms with Crippen LogP contribution < -0.4 is 14.8 Å². The number of carbonyl (C=O) groups excluding carboxylic acids is 1. The fraction of sp³-hybridized carbons (Fsp3) is 0.316. The Morgan fingerprint density at radius 3 is 2.41 bits per heavy atom. The van der Waals surface area contributed by atoms with Gasteiger partial charge in [0.25, 0.3) is 5.91 Å². The van der Waals surface area contributed by atoms with Gasteiger partial charge in [-0.25, -0.2) is 13.1 Å². The molecule has 0 aliphatic heterocycles. The van der Waals surface area contributed by atoms with E-state index in [1.807, 2.05) is 24.3 Å². The number of methoxy groups -OCH3 is 2. The lowest BCUT2D eigenvalue weighted by Gasteiger charge is -2.10. The van der Waals surface area contributed by atoms with E-state index in [-0.39, 0.29) is 17.3 Å². The Hall–Kier alpha value is -2.42. The van der Waals surface area contributed by atoms with Gasteiger partial charge in [0.15, 0.2) is 0 Å². The lowest BCUT2D eigenvalue weighted by molar-refractivity contribution is 0.0950. The van der Waals surface area contributed by atoms with E-state index in [0.717, 1.165) is 5.56 Å². The van der Waals surface area contributed by atoms with Crippen LogP contribution in [-0.2, 0) is 21.3 Å². The van der Waals surface area contributed by atoms with Gasteiger partial charge in [0.1, 0.15) is 5.75 Å². The van der Waals surface area contributed by atoms with Crippen molar-refractivity contribution in [3.63, 3.8) is 0 Å². The van der Waals surface area contributed by atoms with Crippen LogP contribution in [0.25, 0.3) is 0 Å². The fourth-order valence-electron chi connectivity index (χ4n) is 2.42. The summed E-state index contributed by atoms with van der Waals surface area (Å²) < 4.78 is 37.0. The maximum Gasteiger partial charge on any atom is 0.251 e. The smallest absolute Gasteiger partial charge is 0.251 e. The van der Waals surface area contributed by atoms with Crippen LogP contribution in [-0.4, -0.2) is 41.7 Å². The van der Waals surface area contributed by atoms with Gasteiger partial charge < -0.3 is 14.8 Å². The van der Waals surface area contributed by atoms with Crippen molar-refractivity contribution < 1.29 is 22.7 Å². The van der Waals surface area contributed by atoms with Crippen molar-refractivity contribution in [2.45, 2.75) is 17.9 Å². The minimum Gasteiger partial charge on any atom is -0.496 e. The summed E-state index contributed by atoms with van der Waals surface area (Å²) >= 11 is 0. The van der Waals surface area contributed by atoms with Crippen LogP contribution >= 0.6 is 0 Å². The molecular weight excluding hydrogens is 368 g/mol. The highest BCUT2D eigenvalue weighted by molar-refractivity contribution is 7.89. The topological polar surface area (TPSA) is 93.7 Å². The summed E-state index contributed by atoms with van der Waals surface area (Å²) in [6, 6.07) is 13.2. The van der Waals surface area contributed by atoms with E-state index in [0.29, 0.717) is 30.9 Å². The number of ether oxygens (including phenoxy) is 2. The van der Waals surface area contributed by atoms with E-state index < -0.39 is 10.0 Å². The average Bonchev–Trinajstić information content (AvgIpc) is 2.69. The van der Waals surface area contributed by atoms with Crippen LogP contribution in [0.2, 0.25) is 0 Å². The molecule has 0 saturated carbocycles. The number of sulfonamides is 1. The Morgan fingerprint density at radius 1 is 1.04 bits per heavy atom. The Morgan fingerprint density at radius 2 is 1.74 bits per heavy atom. The molecule has 8 heteroatoms.